The number of benzene rings is 2. The molecule has 2 aromatic rings. The van der Waals surface area contributed by atoms with Crippen molar-refractivity contribution in [1.82, 2.24) is 0 Å². The van der Waals surface area contributed by atoms with Crippen LogP contribution in [-0.2, 0) is 0 Å². The Labute approximate surface area is 194 Å². The van der Waals surface area contributed by atoms with Gasteiger partial charge in [0.2, 0.25) is 29.1 Å². The van der Waals surface area contributed by atoms with Crippen molar-refractivity contribution in [2.24, 2.45) is 0 Å². The van der Waals surface area contributed by atoms with Crippen LogP contribution in [0.4, 0.5) is 22.0 Å². The Bertz CT molecular complexity index is 774. The summed E-state index contributed by atoms with van der Waals surface area (Å²) in [5, 5.41) is 0. The molecule has 0 saturated heterocycles. The molecule has 0 atom stereocenters. The lowest BCUT2D eigenvalue weighted by Gasteiger charge is -2.18. The maximum absolute atomic E-state index is 13.7. The van der Waals surface area contributed by atoms with Crippen LogP contribution >= 0.6 is 89.7 Å². The summed E-state index contributed by atoms with van der Waals surface area (Å²) < 4.78 is 79.2. The summed E-state index contributed by atoms with van der Waals surface area (Å²) in [6.07, 6.45) is 0. The van der Waals surface area contributed by atoms with Gasteiger partial charge < -0.3 is 7.58 Å². The smallest absolute Gasteiger partial charge is 0.598 e. The van der Waals surface area contributed by atoms with Crippen molar-refractivity contribution >= 4 is 104 Å². The lowest BCUT2D eigenvalue weighted by molar-refractivity contribution is 0.337. The molecule has 0 unspecified atom stereocenters. The van der Waals surface area contributed by atoms with Crippen LogP contribution in [0.15, 0.2) is 22.4 Å². The van der Waals surface area contributed by atoms with Gasteiger partial charge in [-0.15, -0.1) is 0 Å². The van der Waals surface area contributed by atoms with Crippen LogP contribution in [0.2, 0.25) is 0 Å². The highest BCUT2D eigenvalue weighted by molar-refractivity contribution is 9.15. The molecule has 0 aliphatic heterocycles. The van der Waals surface area contributed by atoms with E-state index < -0.39 is 48.7 Å². The topological polar surface area (TPSA) is 18.5 Å². The third kappa shape index (κ3) is 4.40. The molecule has 0 fully saturated rings. The second kappa shape index (κ2) is 9.15. The zero-order chi connectivity index (χ0) is 19.9. The summed E-state index contributed by atoms with van der Waals surface area (Å²) in [4.78, 5) is 0. The third-order valence-electron chi connectivity index (χ3n) is 2.76. The molecule has 14 heteroatoms. The van der Waals surface area contributed by atoms with Crippen molar-refractivity contribution in [1.29, 1.82) is 0 Å². The van der Waals surface area contributed by atoms with Crippen LogP contribution in [0.25, 0.3) is 0 Å². The highest BCUT2D eigenvalue weighted by Crippen LogP contribution is 2.49. The molecule has 2 rings (SSSR count). The first-order valence-electron chi connectivity index (χ1n) is 5.99. The molecule has 0 aliphatic rings. The predicted octanol–water partition coefficient (Wildman–Crippen LogP) is 7.88. The maximum atomic E-state index is 13.7. The number of hydrogen-bond donors (Lipinski definition) is 0. The zero-order valence-corrected chi connectivity index (χ0v) is 21.4. The molecule has 2 aromatic carbocycles. The Balaban J connectivity index is 2.39. The fourth-order valence-electron chi connectivity index (χ4n) is 1.59. The first-order valence-corrected chi connectivity index (χ1v) is 12.6. The van der Waals surface area contributed by atoms with Crippen LogP contribution in [0, 0.1) is 29.1 Å². The van der Waals surface area contributed by atoms with Gasteiger partial charge in [0.25, 0.3) is 0 Å². The summed E-state index contributed by atoms with van der Waals surface area (Å²) in [6.45, 7) is 0. The molecule has 0 radical (unpaired) electrons. The maximum Gasteiger partial charge on any atom is 0.999 e. The highest BCUT2D eigenvalue weighted by atomic mass is 79.9. The van der Waals surface area contributed by atoms with Gasteiger partial charge in [0, 0.05) is 4.47 Å². The van der Waals surface area contributed by atoms with Crippen LogP contribution in [-0.4, -0.2) is 13.9 Å². The molecule has 2 nitrogen and oxygen atoms in total. The van der Waals surface area contributed by atoms with E-state index in [1.165, 1.54) is 0 Å². The van der Waals surface area contributed by atoms with Gasteiger partial charge in [-0.2, -0.15) is 18.8 Å². The quantitative estimate of drug-likeness (QED) is 0.138. The van der Waals surface area contributed by atoms with E-state index in [-0.39, 0.29) is 5.75 Å². The van der Waals surface area contributed by atoms with Crippen LogP contribution in [0.5, 0.6) is 11.5 Å². The monoisotopic (exact) mass is 728 g/mol. The zero-order valence-electron chi connectivity index (χ0n) is 11.6. The van der Waals surface area contributed by atoms with Crippen molar-refractivity contribution in [3.05, 3.63) is 51.4 Å². The molecular weight excluding hydrogens is 733 g/mol. The van der Waals surface area contributed by atoms with Crippen molar-refractivity contribution in [3.8, 4) is 11.5 Å². The van der Waals surface area contributed by atoms with Gasteiger partial charge in [0.05, 0.1) is 17.9 Å². The lowest BCUT2D eigenvalue weighted by atomic mass is 10.3. The number of halogens is 11. The van der Waals surface area contributed by atoms with Crippen LogP contribution in [0.1, 0.15) is 0 Å². The lowest BCUT2D eigenvalue weighted by Crippen LogP contribution is -2.25. The van der Waals surface area contributed by atoms with Gasteiger partial charge >= 0.3 is 13.9 Å². The summed E-state index contributed by atoms with van der Waals surface area (Å²) in [5.41, 5.74) is 0. The minimum absolute atomic E-state index is 0.0856. The predicted molar refractivity (Wildman–Crippen MR) is 104 cm³/mol. The van der Waals surface area contributed by atoms with Gasteiger partial charge in [-0.3, -0.25) is 0 Å². The fraction of sp³-hybridized carbons (Fsp3) is 0. The molecule has 0 spiro atoms. The third-order valence-corrected chi connectivity index (χ3v) is 10.2. The van der Waals surface area contributed by atoms with E-state index in [0.717, 1.165) is 0 Å². The Morgan fingerprint density at radius 3 is 1.27 bits per heavy atom. The molecule has 140 valence electrons. The van der Waals surface area contributed by atoms with Gasteiger partial charge in [-0.05, 0) is 79.6 Å². The highest BCUT2D eigenvalue weighted by Gasteiger charge is 2.38. The first-order chi connectivity index (χ1) is 12.0. The van der Waals surface area contributed by atoms with E-state index >= 15 is 0 Å². The Morgan fingerprint density at radius 1 is 0.538 bits per heavy atom. The molecule has 0 aliphatic carbocycles. The second-order valence-electron chi connectivity index (χ2n) is 4.31. The molecule has 0 N–H and O–H groups in total. The molecule has 0 amide bonds. The van der Waals surface area contributed by atoms with Gasteiger partial charge in [0.15, 0.2) is 5.75 Å². The van der Waals surface area contributed by atoms with E-state index in [4.69, 9.17) is 17.6 Å². The van der Waals surface area contributed by atoms with Gasteiger partial charge in [-0.1, -0.05) is 0 Å². The Morgan fingerprint density at radius 2 is 0.846 bits per heavy atom. The normalized spacial score (nSPS) is 10.9. The first kappa shape index (κ1) is 23.2. The summed E-state index contributed by atoms with van der Waals surface area (Å²) >= 11 is 12.8. The average Bonchev–Trinajstić information content (AvgIpc) is 2.62. The van der Waals surface area contributed by atoms with Gasteiger partial charge in [0.1, 0.15) is 5.75 Å². The molecule has 0 bridgehead atoms. The van der Waals surface area contributed by atoms with Gasteiger partial charge in [-0.25, -0.2) is 13.2 Å². The molecule has 0 aromatic heterocycles. The number of rotatable bonds is 4. The van der Waals surface area contributed by atoms with Crippen LogP contribution < -0.4 is 7.58 Å². The Hall–Kier alpha value is 0.912. The summed E-state index contributed by atoms with van der Waals surface area (Å²) in [5.74, 6) is -12.3. The Kier molecular flexibility index (Phi) is 8.17. The molecule has 0 saturated carbocycles. The second-order valence-corrected chi connectivity index (χ2v) is 10.4. The summed E-state index contributed by atoms with van der Waals surface area (Å²) in [7, 11) is 5.87. The number of hydrogen-bond acceptors (Lipinski definition) is 2. The van der Waals surface area contributed by atoms with Crippen molar-refractivity contribution < 1.29 is 29.5 Å². The van der Waals surface area contributed by atoms with Crippen molar-refractivity contribution in [3.63, 3.8) is 0 Å². The largest absolute Gasteiger partial charge is 0.999 e. The van der Waals surface area contributed by atoms with E-state index in [2.05, 4.69) is 79.6 Å². The minimum atomic E-state index is -3.46. The standard InChI is InChI=1S/C6HBr5O.C6HF5O.Al.ClH/c2*7-1-2(8)4(10)6(12)5(11)3(1)9;;/h2*12H;;1H/q;;+3;/p-3. The summed E-state index contributed by atoms with van der Waals surface area (Å²) in [6, 6.07) is 0. The van der Waals surface area contributed by atoms with Crippen LogP contribution in [0.3, 0.4) is 0 Å². The molecule has 0 heterocycles. The minimum Gasteiger partial charge on any atom is -0.598 e. The SMILES string of the molecule is Fc1c(F)c(F)c([O][Al]([Cl])[O]c2c(Br)c(Br)c(Br)c(Br)c2Br)c(F)c1F. The van der Waals surface area contributed by atoms with E-state index in [1.807, 2.05) is 0 Å². The van der Waals surface area contributed by atoms with E-state index in [1.54, 1.807) is 0 Å². The van der Waals surface area contributed by atoms with Crippen molar-refractivity contribution in [2.45, 2.75) is 0 Å². The van der Waals surface area contributed by atoms with E-state index in [9.17, 15) is 22.0 Å². The molecular formula is C12AlBr5ClF5O2. The average molecular weight is 733 g/mol. The van der Waals surface area contributed by atoms with E-state index in [0.29, 0.717) is 22.4 Å². The fourth-order valence-corrected chi connectivity index (χ4v) is 6.52. The molecule has 26 heavy (non-hydrogen) atoms. The van der Waals surface area contributed by atoms with Crippen molar-refractivity contribution in [2.75, 3.05) is 0 Å².